The topological polar surface area (TPSA) is 82.4 Å². The van der Waals surface area contributed by atoms with Crippen molar-refractivity contribution in [2.24, 2.45) is 0 Å². The molecule has 0 saturated heterocycles. The van der Waals surface area contributed by atoms with Crippen LogP contribution < -0.4 is 14.5 Å². The van der Waals surface area contributed by atoms with Crippen molar-refractivity contribution in [2.45, 2.75) is 19.4 Å². The highest BCUT2D eigenvalue weighted by Gasteiger charge is 2.30. The molecule has 3 aromatic rings. The van der Waals surface area contributed by atoms with Gasteiger partial charge < -0.3 is 9.64 Å². The Hall–Kier alpha value is -3.66. The van der Waals surface area contributed by atoms with Gasteiger partial charge in [-0.1, -0.05) is 12.1 Å². The minimum absolute atomic E-state index is 0.171. The molecule has 29 heavy (non-hydrogen) atoms. The van der Waals surface area contributed by atoms with Crippen LogP contribution in [0.3, 0.4) is 0 Å². The van der Waals surface area contributed by atoms with Crippen LogP contribution in [0.15, 0.2) is 48.5 Å². The van der Waals surface area contributed by atoms with Gasteiger partial charge in [-0.25, -0.2) is 9.97 Å². The molecule has 1 aromatic heterocycles. The Balaban J connectivity index is 1.64. The molecule has 0 saturated carbocycles. The lowest BCUT2D eigenvalue weighted by Gasteiger charge is -2.25. The summed E-state index contributed by atoms with van der Waals surface area (Å²) >= 11 is 0. The van der Waals surface area contributed by atoms with E-state index >= 15 is 0 Å². The van der Waals surface area contributed by atoms with Crippen molar-refractivity contribution >= 4 is 28.6 Å². The molecule has 0 fully saturated rings. The van der Waals surface area contributed by atoms with E-state index in [0.717, 1.165) is 24.0 Å². The molecule has 1 atom stereocenters. The van der Waals surface area contributed by atoms with Crippen LogP contribution in [-0.2, 0) is 4.79 Å². The molecule has 2 aromatic carbocycles. The number of anilines is 2. The zero-order valence-corrected chi connectivity index (χ0v) is 16.4. The van der Waals surface area contributed by atoms with Crippen molar-refractivity contribution in [2.75, 3.05) is 29.9 Å². The second-order valence-corrected chi connectivity index (χ2v) is 7.02. The van der Waals surface area contributed by atoms with E-state index in [2.05, 4.69) is 6.07 Å². The first-order chi connectivity index (χ1) is 14.1. The van der Waals surface area contributed by atoms with Crippen LogP contribution in [0.4, 0.5) is 11.6 Å². The van der Waals surface area contributed by atoms with Crippen LogP contribution in [0.25, 0.3) is 11.0 Å². The number of hydrogen-bond donors (Lipinski definition) is 0. The van der Waals surface area contributed by atoms with Crippen LogP contribution in [0, 0.1) is 11.3 Å². The van der Waals surface area contributed by atoms with Gasteiger partial charge in [0.15, 0.2) is 17.7 Å². The summed E-state index contributed by atoms with van der Waals surface area (Å²) in [6.07, 6.45) is 0.104. The second kappa shape index (κ2) is 7.76. The first kappa shape index (κ1) is 18.7. The van der Waals surface area contributed by atoms with E-state index in [1.54, 1.807) is 36.1 Å². The molecule has 0 aliphatic carbocycles. The fraction of sp³-hybridized carbons (Fsp3) is 0.273. The SMILES string of the molecule is CC(Oc1ccc(C#N)cc1)C(=O)N1CCCN(C)c2nc3ccccc3nc21. The first-order valence-corrected chi connectivity index (χ1v) is 9.53. The lowest BCUT2D eigenvalue weighted by atomic mass is 10.2. The summed E-state index contributed by atoms with van der Waals surface area (Å²) in [5.41, 5.74) is 2.09. The molecule has 7 heteroatoms. The van der Waals surface area contributed by atoms with E-state index in [9.17, 15) is 4.79 Å². The van der Waals surface area contributed by atoms with Crippen LogP contribution in [0.5, 0.6) is 5.75 Å². The molecular formula is C22H21N5O2. The summed E-state index contributed by atoms with van der Waals surface area (Å²) in [5, 5.41) is 8.92. The van der Waals surface area contributed by atoms with Crippen LogP contribution in [-0.4, -0.2) is 42.1 Å². The van der Waals surface area contributed by atoms with Crippen LogP contribution >= 0.6 is 0 Å². The molecule has 0 radical (unpaired) electrons. The zero-order valence-electron chi connectivity index (χ0n) is 16.4. The van der Waals surface area contributed by atoms with E-state index in [0.29, 0.717) is 29.5 Å². The Kier molecular flexibility index (Phi) is 5.00. The Bertz CT molecular complexity index is 1090. The van der Waals surface area contributed by atoms with Gasteiger partial charge in [0.05, 0.1) is 22.7 Å². The first-order valence-electron chi connectivity index (χ1n) is 9.53. The van der Waals surface area contributed by atoms with E-state index in [1.807, 2.05) is 36.2 Å². The highest BCUT2D eigenvalue weighted by molar-refractivity contribution is 5.99. The third-order valence-corrected chi connectivity index (χ3v) is 4.94. The molecule has 1 unspecified atom stereocenters. The standard InChI is InChI=1S/C22H21N5O2/c1-15(29-17-10-8-16(14-23)9-11-17)22(28)27-13-5-12-26(2)20-21(27)25-19-7-4-3-6-18(19)24-20/h3-4,6-11,15H,5,12-13H2,1-2H3. The molecule has 1 aliphatic heterocycles. The molecule has 0 N–H and O–H groups in total. The minimum atomic E-state index is -0.701. The number of rotatable bonds is 3. The number of para-hydroxylation sites is 2. The highest BCUT2D eigenvalue weighted by Crippen LogP contribution is 2.30. The molecular weight excluding hydrogens is 366 g/mol. The van der Waals surface area contributed by atoms with Crippen molar-refractivity contribution < 1.29 is 9.53 Å². The quantitative estimate of drug-likeness (QED) is 0.687. The van der Waals surface area contributed by atoms with Gasteiger partial charge in [0, 0.05) is 20.1 Å². The zero-order chi connectivity index (χ0) is 20.4. The van der Waals surface area contributed by atoms with Crippen LogP contribution in [0.1, 0.15) is 18.9 Å². The minimum Gasteiger partial charge on any atom is -0.481 e. The molecule has 1 aliphatic rings. The predicted octanol–water partition coefficient (Wildman–Crippen LogP) is 3.14. The van der Waals surface area contributed by atoms with Crippen LogP contribution in [0.2, 0.25) is 0 Å². The van der Waals surface area contributed by atoms with Crippen molar-refractivity contribution in [1.82, 2.24) is 9.97 Å². The number of fused-ring (bicyclic) bond motifs is 2. The van der Waals surface area contributed by atoms with E-state index in [4.69, 9.17) is 20.0 Å². The van der Waals surface area contributed by atoms with Crippen molar-refractivity contribution in [3.63, 3.8) is 0 Å². The lowest BCUT2D eigenvalue weighted by molar-refractivity contribution is -0.124. The third-order valence-electron chi connectivity index (χ3n) is 4.94. The fourth-order valence-corrected chi connectivity index (χ4v) is 3.39. The Morgan fingerprint density at radius 1 is 1.07 bits per heavy atom. The summed E-state index contributed by atoms with van der Waals surface area (Å²) < 4.78 is 5.84. The Labute approximate surface area is 169 Å². The Morgan fingerprint density at radius 2 is 1.72 bits per heavy atom. The number of carbonyl (C=O) groups excluding carboxylic acids is 1. The van der Waals surface area contributed by atoms with Gasteiger partial charge in [-0.05, 0) is 49.7 Å². The maximum absolute atomic E-state index is 13.2. The number of carbonyl (C=O) groups is 1. The van der Waals surface area contributed by atoms with Gasteiger partial charge in [0.25, 0.3) is 5.91 Å². The van der Waals surface area contributed by atoms with Crippen molar-refractivity contribution in [3.8, 4) is 11.8 Å². The number of nitrogens with zero attached hydrogens (tertiary/aromatic N) is 5. The summed E-state index contributed by atoms with van der Waals surface area (Å²) in [5.74, 6) is 1.63. The average molecular weight is 387 g/mol. The van der Waals surface area contributed by atoms with Crippen molar-refractivity contribution in [1.29, 1.82) is 5.26 Å². The number of ether oxygens (including phenoxy) is 1. The largest absolute Gasteiger partial charge is 0.481 e. The fourth-order valence-electron chi connectivity index (χ4n) is 3.39. The normalized spacial score (nSPS) is 14.7. The maximum atomic E-state index is 13.2. The van der Waals surface area contributed by atoms with E-state index in [-0.39, 0.29) is 5.91 Å². The maximum Gasteiger partial charge on any atom is 0.269 e. The summed E-state index contributed by atoms with van der Waals surface area (Å²) in [6.45, 7) is 3.06. The number of hydrogen-bond acceptors (Lipinski definition) is 6. The summed E-state index contributed by atoms with van der Waals surface area (Å²) in [7, 11) is 1.97. The third kappa shape index (κ3) is 3.69. The Morgan fingerprint density at radius 3 is 2.38 bits per heavy atom. The number of aromatic nitrogens is 2. The predicted molar refractivity (Wildman–Crippen MR) is 111 cm³/mol. The molecule has 0 bridgehead atoms. The van der Waals surface area contributed by atoms with Gasteiger partial charge in [0.2, 0.25) is 0 Å². The number of benzene rings is 2. The van der Waals surface area contributed by atoms with Gasteiger partial charge in [-0.2, -0.15) is 5.26 Å². The van der Waals surface area contributed by atoms with Gasteiger partial charge in [-0.15, -0.1) is 0 Å². The molecule has 4 rings (SSSR count). The number of amides is 1. The smallest absolute Gasteiger partial charge is 0.269 e. The highest BCUT2D eigenvalue weighted by atomic mass is 16.5. The summed E-state index contributed by atoms with van der Waals surface area (Å²) in [6, 6.07) is 16.4. The lowest BCUT2D eigenvalue weighted by Crippen LogP contribution is -2.41. The van der Waals surface area contributed by atoms with Gasteiger partial charge >= 0.3 is 0 Å². The van der Waals surface area contributed by atoms with E-state index in [1.165, 1.54) is 0 Å². The average Bonchev–Trinajstić information content (AvgIpc) is 2.91. The molecule has 0 spiro atoms. The van der Waals surface area contributed by atoms with E-state index < -0.39 is 6.10 Å². The molecule has 1 amide bonds. The second-order valence-electron chi connectivity index (χ2n) is 7.02. The molecule has 7 nitrogen and oxygen atoms in total. The molecule has 146 valence electrons. The van der Waals surface area contributed by atoms with Crippen molar-refractivity contribution in [3.05, 3.63) is 54.1 Å². The molecule has 2 heterocycles. The van der Waals surface area contributed by atoms with Gasteiger partial charge in [-0.3, -0.25) is 9.69 Å². The van der Waals surface area contributed by atoms with Gasteiger partial charge in [0.1, 0.15) is 5.75 Å². The summed E-state index contributed by atoms with van der Waals surface area (Å²) in [4.78, 5) is 26.5. The number of nitriles is 1. The monoisotopic (exact) mass is 387 g/mol.